The topological polar surface area (TPSA) is 46.2 Å². The molecule has 0 bridgehead atoms. The van der Waals surface area contributed by atoms with Gasteiger partial charge in [-0.25, -0.2) is 0 Å². The van der Waals surface area contributed by atoms with E-state index in [1.165, 1.54) is 5.56 Å². The predicted molar refractivity (Wildman–Crippen MR) is 51.4 cm³/mol. The van der Waals surface area contributed by atoms with Gasteiger partial charge in [0.1, 0.15) is 0 Å². The van der Waals surface area contributed by atoms with Crippen LogP contribution in [0.5, 0.6) is 0 Å². The third-order valence-corrected chi connectivity index (χ3v) is 3.21. The SMILES string of the molecule is c1cncc(C23CNCC2CON3)c1. The smallest absolute Gasteiger partial charge is 0.0882 e. The normalized spacial score (nSPS) is 35.9. The van der Waals surface area contributed by atoms with E-state index < -0.39 is 0 Å². The average molecular weight is 191 g/mol. The molecule has 4 nitrogen and oxygen atoms in total. The van der Waals surface area contributed by atoms with Crippen LogP contribution in [-0.2, 0) is 10.4 Å². The molecule has 3 heterocycles. The van der Waals surface area contributed by atoms with Crippen LogP contribution in [0.15, 0.2) is 24.5 Å². The standard InChI is InChI=1S/C10H13N3O/c1-2-8(4-11-3-1)10-7-12-5-9(10)6-14-13-10/h1-4,9,12-13H,5-7H2. The number of nitrogens with one attached hydrogen (secondary N) is 2. The minimum absolute atomic E-state index is 0.0474. The molecule has 4 heteroatoms. The summed E-state index contributed by atoms with van der Waals surface area (Å²) in [5.41, 5.74) is 4.31. The van der Waals surface area contributed by atoms with Crippen molar-refractivity contribution < 1.29 is 4.84 Å². The van der Waals surface area contributed by atoms with Crippen LogP contribution in [0.1, 0.15) is 5.56 Å². The van der Waals surface area contributed by atoms with E-state index in [9.17, 15) is 0 Å². The highest BCUT2D eigenvalue weighted by molar-refractivity contribution is 5.25. The maximum atomic E-state index is 5.35. The van der Waals surface area contributed by atoms with Gasteiger partial charge < -0.3 is 10.2 Å². The highest BCUT2D eigenvalue weighted by Crippen LogP contribution is 2.36. The second-order valence-electron chi connectivity index (χ2n) is 3.95. The molecule has 0 amide bonds. The number of fused-ring (bicyclic) bond motifs is 1. The Hall–Kier alpha value is -0.970. The minimum atomic E-state index is -0.0474. The first-order valence-corrected chi connectivity index (χ1v) is 4.92. The van der Waals surface area contributed by atoms with Gasteiger partial charge in [-0.15, -0.1) is 0 Å². The molecule has 74 valence electrons. The molecule has 0 aromatic carbocycles. The van der Waals surface area contributed by atoms with Crippen molar-refractivity contribution in [1.29, 1.82) is 0 Å². The Morgan fingerprint density at radius 3 is 3.43 bits per heavy atom. The van der Waals surface area contributed by atoms with Gasteiger partial charge in [-0.3, -0.25) is 4.98 Å². The van der Waals surface area contributed by atoms with E-state index in [0.29, 0.717) is 5.92 Å². The summed E-state index contributed by atoms with van der Waals surface area (Å²) in [5.74, 6) is 0.520. The van der Waals surface area contributed by atoms with Crippen LogP contribution in [0, 0.1) is 5.92 Å². The molecule has 1 aromatic rings. The van der Waals surface area contributed by atoms with Crippen molar-refractivity contribution in [1.82, 2.24) is 15.8 Å². The quantitative estimate of drug-likeness (QED) is 0.657. The Bertz CT molecular complexity index is 317. The molecule has 2 aliphatic rings. The van der Waals surface area contributed by atoms with Gasteiger partial charge in [-0.1, -0.05) is 6.07 Å². The third kappa shape index (κ3) is 1.02. The summed E-state index contributed by atoms with van der Waals surface area (Å²) < 4.78 is 0. The highest BCUT2D eigenvalue weighted by Gasteiger charge is 2.48. The third-order valence-electron chi connectivity index (χ3n) is 3.21. The van der Waals surface area contributed by atoms with Crippen LogP contribution in [0.25, 0.3) is 0 Å². The lowest BCUT2D eigenvalue weighted by atomic mass is 9.83. The first-order chi connectivity index (χ1) is 6.92. The fraction of sp³-hybridized carbons (Fsp3) is 0.500. The van der Waals surface area contributed by atoms with Crippen LogP contribution < -0.4 is 10.8 Å². The Kier molecular flexibility index (Phi) is 1.80. The highest BCUT2D eigenvalue weighted by atomic mass is 16.7. The van der Waals surface area contributed by atoms with Gasteiger partial charge in [-0.05, 0) is 11.6 Å². The molecular weight excluding hydrogens is 178 g/mol. The number of nitrogens with zero attached hydrogens (tertiary/aromatic N) is 1. The molecule has 0 spiro atoms. The molecular formula is C10H13N3O. The molecule has 2 N–H and O–H groups in total. The molecule has 3 rings (SSSR count). The lowest BCUT2D eigenvalue weighted by Crippen LogP contribution is -2.42. The van der Waals surface area contributed by atoms with Gasteiger partial charge in [0.2, 0.25) is 0 Å². The molecule has 1 aromatic heterocycles. The maximum absolute atomic E-state index is 5.35. The summed E-state index contributed by atoms with van der Waals surface area (Å²) in [7, 11) is 0. The molecule has 2 atom stereocenters. The summed E-state index contributed by atoms with van der Waals surface area (Å²) in [4.78, 5) is 9.51. The fourth-order valence-corrected chi connectivity index (χ4v) is 2.38. The van der Waals surface area contributed by atoms with Crippen LogP contribution in [0.4, 0.5) is 0 Å². The number of hydrogen-bond acceptors (Lipinski definition) is 4. The van der Waals surface area contributed by atoms with Gasteiger partial charge in [0.05, 0.1) is 12.1 Å². The van der Waals surface area contributed by atoms with Gasteiger partial charge in [-0.2, -0.15) is 5.48 Å². The van der Waals surface area contributed by atoms with E-state index in [0.717, 1.165) is 19.7 Å². The summed E-state index contributed by atoms with van der Waals surface area (Å²) in [5, 5.41) is 3.39. The van der Waals surface area contributed by atoms with E-state index in [-0.39, 0.29) is 5.54 Å². The summed E-state index contributed by atoms with van der Waals surface area (Å²) in [6.45, 7) is 2.72. The lowest BCUT2D eigenvalue weighted by Gasteiger charge is -2.26. The number of hydroxylamine groups is 1. The van der Waals surface area contributed by atoms with Crippen LogP contribution in [0.3, 0.4) is 0 Å². The van der Waals surface area contributed by atoms with E-state index in [1.54, 1.807) is 6.20 Å². The second-order valence-corrected chi connectivity index (χ2v) is 3.95. The van der Waals surface area contributed by atoms with Gasteiger partial charge in [0.25, 0.3) is 0 Å². The van der Waals surface area contributed by atoms with Crippen LogP contribution in [-0.4, -0.2) is 24.7 Å². The zero-order valence-electron chi connectivity index (χ0n) is 7.86. The Morgan fingerprint density at radius 1 is 1.57 bits per heavy atom. The summed E-state index contributed by atoms with van der Waals surface area (Å²) in [6.07, 6.45) is 3.72. The van der Waals surface area contributed by atoms with Crippen molar-refractivity contribution in [3.8, 4) is 0 Å². The van der Waals surface area contributed by atoms with Crippen molar-refractivity contribution in [3.63, 3.8) is 0 Å². The van der Waals surface area contributed by atoms with Gasteiger partial charge in [0, 0.05) is 31.4 Å². The Labute approximate surface area is 82.6 Å². The van der Waals surface area contributed by atoms with Crippen molar-refractivity contribution in [2.24, 2.45) is 5.92 Å². The van der Waals surface area contributed by atoms with Crippen molar-refractivity contribution in [2.45, 2.75) is 5.54 Å². The first kappa shape index (κ1) is 8.35. The summed E-state index contributed by atoms with van der Waals surface area (Å²) >= 11 is 0. The molecule has 2 saturated heterocycles. The Balaban J connectivity index is 2.03. The van der Waals surface area contributed by atoms with Crippen molar-refractivity contribution in [3.05, 3.63) is 30.1 Å². The largest absolute Gasteiger partial charge is 0.314 e. The molecule has 2 aliphatic heterocycles. The predicted octanol–water partition coefficient (Wildman–Crippen LogP) is 0.0311. The molecule has 2 fully saturated rings. The van der Waals surface area contributed by atoms with E-state index in [2.05, 4.69) is 21.8 Å². The second kappa shape index (κ2) is 3.02. The molecule has 0 saturated carbocycles. The lowest BCUT2D eigenvalue weighted by molar-refractivity contribution is 0.0598. The maximum Gasteiger partial charge on any atom is 0.0882 e. The van der Waals surface area contributed by atoms with Crippen molar-refractivity contribution >= 4 is 0 Å². The molecule has 0 aliphatic carbocycles. The van der Waals surface area contributed by atoms with Crippen molar-refractivity contribution in [2.75, 3.05) is 19.7 Å². The number of hydrogen-bond donors (Lipinski definition) is 2. The van der Waals surface area contributed by atoms with E-state index >= 15 is 0 Å². The van der Waals surface area contributed by atoms with Crippen LogP contribution in [0.2, 0.25) is 0 Å². The van der Waals surface area contributed by atoms with Gasteiger partial charge >= 0.3 is 0 Å². The minimum Gasteiger partial charge on any atom is -0.314 e. The first-order valence-electron chi connectivity index (χ1n) is 4.92. The average Bonchev–Trinajstić information content (AvgIpc) is 2.77. The number of rotatable bonds is 1. The number of pyridine rings is 1. The number of aromatic nitrogens is 1. The van der Waals surface area contributed by atoms with E-state index in [4.69, 9.17) is 4.84 Å². The molecule has 2 unspecified atom stereocenters. The van der Waals surface area contributed by atoms with E-state index in [1.807, 2.05) is 12.3 Å². The summed E-state index contributed by atoms with van der Waals surface area (Å²) in [6, 6.07) is 4.08. The Morgan fingerprint density at radius 2 is 2.57 bits per heavy atom. The molecule has 14 heavy (non-hydrogen) atoms. The monoisotopic (exact) mass is 191 g/mol. The fourth-order valence-electron chi connectivity index (χ4n) is 2.38. The van der Waals surface area contributed by atoms with Crippen LogP contribution >= 0.6 is 0 Å². The zero-order chi connectivity index (χ0) is 9.43. The van der Waals surface area contributed by atoms with Gasteiger partial charge in [0.15, 0.2) is 0 Å². The molecule has 0 radical (unpaired) electrons. The zero-order valence-corrected chi connectivity index (χ0v) is 7.86.